The summed E-state index contributed by atoms with van der Waals surface area (Å²) in [6, 6.07) is 3.93. The number of aliphatic carboxylic acids is 1. The summed E-state index contributed by atoms with van der Waals surface area (Å²) in [6.07, 6.45) is 8.94. The molecule has 3 N–H and O–H groups in total. The molecular formula is C37H48N4O8. The van der Waals surface area contributed by atoms with E-state index in [4.69, 9.17) is 14.2 Å². The first kappa shape index (κ1) is 34.5. The number of alkyl carbamates (subject to hydrolysis) is 1. The van der Waals surface area contributed by atoms with E-state index in [1.54, 1.807) is 13.3 Å². The van der Waals surface area contributed by atoms with Crippen LogP contribution in [0.1, 0.15) is 77.2 Å². The van der Waals surface area contributed by atoms with Crippen LogP contribution in [0, 0.1) is 17.3 Å². The van der Waals surface area contributed by atoms with Crippen molar-refractivity contribution in [2.45, 2.75) is 102 Å². The molecule has 2 aliphatic carbocycles. The molecule has 1 saturated heterocycles. The molecule has 3 heterocycles. The van der Waals surface area contributed by atoms with Crippen LogP contribution < -0.4 is 20.1 Å². The average molecular weight is 677 g/mol. The topological polar surface area (TPSA) is 156 Å². The number of carbonyl (C=O) groups is 4. The highest BCUT2D eigenvalue weighted by Gasteiger charge is 2.61. The van der Waals surface area contributed by atoms with Crippen molar-refractivity contribution >= 4 is 34.6 Å². The van der Waals surface area contributed by atoms with Crippen molar-refractivity contribution in [1.29, 1.82) is 0 Å². The molecule has 264 valence electrons. The van der Waals surface area contributed by atoms with Gasteiger partial charge in [0.25, 0.3) is 0 Å². The van der Waals surface area contributed by atoms with Gasteiger partial charge in [-0.3, -0.25) is 9.59 Å². The molecule has 0 spiro atoms. The number of nitrogens with one attached hydrogen (secondary N) is 2. The lowest BCUT2D eigenvalue weighted by Gasteiger charge is -2.34. The third kappa shape index (κ3) is 7.19. The van der Waals surface area contributed by atoms with Crippen molar-refractivity contribution in [2.75, 3.05) is 20.3 Å². The molecule has 12 heteroatoms. The number of nitrogens with zero attached hydrogens (tertiary/aromatic N) is 2. The van der Waals surface area contributed by atoms with Crippen LogP contribution in [-0.4, -0.2) is 82.9 Å². The van der Waals surface area contributed by atoms with Gasteiger partial charge in [-0.05, 0) is 79.0 Å². The molecule has 49 heavy (non-hydrogen) atoms. The average Bonchev–Trinajstić information content (AvgIpc) is 3.65. The van der Waals surface area contributed by atoms with Gasteiger partial charge in [0.1, 0.15) is 29.5 Å². The van der Waals surface area contributed by atoms with Crippen LogP contribution in [0.5, 0.6) is 11.6 Å². The minimum absolute atomic E-state index is 0.0515. The molecule has 1 aromatic carbocycles. The zero-order chi connectivity index (χ0) is 34.9. The van der Waals surface area contributed by atoms with Gasteiger partial charge in [-0.1, -0.05) is 39.2 Å². The van der Waals surface area contributed by atoms with Crippen LogP contribution in [0.25, 0.3) is 10.8 Å². The summed E-state index contributed by atoms with van der Waals surface area (Å²) in [7, 11) is 1.64. The van der Waals surface area contributed by atoms with Gasteiger partial charge in [0, 0.05) is 23.9 Å². The molecule has 5 atom stereocenters. The Kier molecular flexibility index (Phi) is 9.77. The molecule has 2 aromatic rings. The smallest absolute Gasteiger partial charge is 0.407 e. The quantitative estimate of drug-likeness (QED) is 0.367. The standard InChI is InChI=1S/C37H48N4O8/c1-5-25-19-37(25,34(44)45)40-31(42)28-18-26-20-41(28)33(43)30(22-10-7-6-8-11-22)39-35(46)48-21-36(2,3)14-9-12-24-16-27-23(17-29(24)47-4)13-15-38-32(27)49-26/h5,13,15-17,22,25-26,28,30H,1,6-12,14,18-21H2,2-4H3,(H,39,46)(H,40,42)(H,44,45)/t25-,26-,28+,30+,37-/m1/s1. The number of hydrogen-bond acceptors (Lipinski definition) is 8. The van der Waals surface area contributed by atoms with Gasteiger partial charge in [-0.15, -0.1) is 6.58 Å². The monoisotopic (exact) mass is 676 g/mol. The number of rotatable bonds is 6. The summed E-state index contributed by atoms with van der Waals surface area (Å²) < 4.78 is 18.0. The second-order valence-corrected chi connectivity index (χ2v) is 14.9. The van der Waals surface area contributed by atoms with Crippen molar-refractivity contribution in [3.63, 3.8) is 0 Å². The van der Waals surface area contributed by atoms with Crippen LogP contribution in [-0.2, 0) is 25.5 Å². The zero-order valence-electron chi connectivity index (χ0n) is 28.7. The maximum Gasteiger partial charge on any atom is 0.407 e. The van der Waals surface area contributed by atoms with Gasteiger partial charge >= 0.3 is 12.1 Å². The molecule has 3 amide bonds. The van der Waals surface area contributed by atoms with Crippen LogP contribution in [0.2, 0.25) is 0 Å². The van der Waals surface area contributed by atoms with Crippen molar-refractivity contribution < 1.29 is 38.5 Å². The molecule has 2 aliphatic heterocycles. The van der Waals surface area contributed by atoms with Gasteiger partial charge in [0.15, 0.2) is 0 Å². The minimum Gasteiger partial charge on any atom is -0.496 e. The number of cyclic esters (lactones) is 1. The fourth-order valence-electron chi connectivity index (χ4n) is 7.84. The van der Waals surface area contributed by atoms with E-state index in [-0.39, 0.29) is 37.3 Å². The zero-order valence-corrected chi connectivity index (χ0v) is 28.7. The van der Waals surface area contributed by atoms with Crippen LogP contribution >= 0.6 is 0 Å². The van der Waals surface area contributed by atoms with E-state index in [2.05, 4.69) is 22.2 Å². The fraction of sp³-hybridized carbons (Fsp3) is 0.595. The number of carbonyl (C=O) groups excluding carboxylic acids is 3. The van der Waals surface area contributed by atoms with E-state index in [1.165, 1.54) is 11.0 Å². The number of hydrogen-bond donors (Lipinski definition) is 3. The second-order valence-electron chi connectivity index (χ2n) is 14.9. The summed E-state index contributed by atoms with van der Waals surface area (Å²) in [5.41, 5.74) is -0.812. The Hall–Kier alpha value is -4.35. The van der Waals surface area contributed by atoms with Crippen molar-refractivity contribution in [3.05, 3.63) is 42.6 Å². The predicted octanol–water partition coefficient (Wildman–Crippen LogP) is 4.77. The Morgan fingerprint density at radius 3 is 2.65 bits per heavy atom. The van der Waals surface area contributed by atoms with Gasteiger partial charge in [-0.2, -0.15) is 0 Å². The molecule has 6 rings (SSSR count). The van der Waals surface area contributed by atoms with Gasteiger partial charge in [0.2, 0.25) is 17.7 Å². The number of carboxylic acids is 1. The highest BCUT2D eigenvalue weighted by Crippen LogP contribution is 2.45. The summed E-state index contributed by atoms with van der Waals surface area (Å²) in [5.74, 6) is -1.57. The minimum atomic E-state index is -1.47. The van der Waals surface area contributed by atoms with Gasteiger partial charge in [0.05, 0.1) is 20.3 Å². The molecule has 0 unspecified atom stereocenters. The van der Waals surface area contributed by atoms with E-state index in [0.717, 1.165) is 73.5 Å². The molecule has 4 aliphatic rings. The number of aromatic nitrogens is 1. The van der Waals surface area contributed by atoms with Crippen molar-refractivity contribution in [3.8, 4) is 11.6 Å². The molecule has 4 bridgehead atoms. The normalized spacial score (nSPS) is 29.2. The molecule has 1 aromatic heterocycles. The fourth-order valence-corrected chi connectivity index (χ4v) is 7.84. The summed E-state index contributed by atoms with van der Waals surface area (Å²) in [4.78, 5) is 60.2. The largest absolute Gasteiger partial charge is 0.496 e. The Morgan fingerprint density at radius 2 is 1.96 bits per heavy atom. The third-order valence-electron chi connectivity index (χ3n) is 10.8. The number of ether oxygens (including phenoxy) is 3. The number of fused-ring (bicyclic) bond motifs is 3. The molecule has 3 fully saturated rings. The first-order chi connectivity index (χ1) is 23.4. The van der Waals surface area contributed by atoms with E-state index < -0.39 is 53.5 Å². The molecule has 0 radical (unpaired) electrons. The molecular weight excluding hydrogens is 628 g/mol. The Balaban J connectivity index is 1.38. The lowest BCUT2D eigenvalue weighted by Crippen LogP contribution is -2.58. The lowest BCUT2D eigenvalue weighted by atomic mass is 9.83. The SMILES string of the molecule is C=C[C@@H]1C[C@]1(NC(=O)[C@@H]1C[C@@H]2CN1C(=O)[C@H](C1CCCCC1)NC(=O)OCC(C)(C)CCCc1cc3c(nccc3cc1OC)O2)C(=O)O. The predicted molar refractivity (Wildman–Crippen MR) is 181 cm³/mol. The number of amides is 3. The van der Waals surface area contributed by atoms with Crippen LogP contribution in [0.3, 0.4) is 0 Å². The highest BCUT2D eigenvalue weighted by atomic mass is 16.5. The Morgan fingerprint density at radius 1 is 1.18 bits per heavy atom. The number of methoxy groups -OCH3 is 1. The lowest BCUT2D eigenvalue weighted by molar-refractivity contribution is -0.146. The van der Waals surface area contributed by atoms with Crippen molar-refractivity contribution in [1.82, 2.24) is 20.5 Å². The highest BCUT2D eigenvalue weighted by molar-refractivity contribution is 5.96. The number of carboxylic acid groups (broad SMARTS) is 1. The maximum atomic E-state index is 14.6. The summed E-state index contributed by atoms with van der Waals surface area (Å²) in [5, 5.41) is 17.3. The molecule has 12 nitrogen and oxygen atoms in total. The third-order valence-corrected chi connectivity index (χ3v) is 10.8. The van der Waals surface area contributed by atoms with E-state index in [1.807, 2.05) is 32.0 Å². The van der Waals surface area contributed by atoms with Gasteiger partial charge in [-0.25, -0.2) is 14.6 Å². The van der Waals surface area contributed by atoms with E-state index in [0.29, 0.717) is 5.88 Å². The Bertz CT molecular complexity index is 1620. The number of aryl methyl sites for hydroxylation is 1. The van der Waals surface area contributed by atoms with Crippen LogP contribution in [0.15, 0.2) is 37.1 Å². The Labute approximate surface area is 286 Å². The van der Waals surface area contributed by atoms with Gasteiger partial charge < -0.3 is 34.9 Å². The first-order valence-corrected chi connectivity index (χ1v) is 17.5. The summed E-state index contributed by atoms with van der Waals surface area (Å²) in [6.45, 7) is 8.04. The molecule has 2 saturated carbocycles. The van der Waals surface area contributed by atoms with Crippen LogP contribution in [0.4, 0.5) is 4.79 Å². The number of pyridine rings is 1. The first-order valence-electron chi connectivity index (χ1n) is 17.5. The van der Waals surface area contributed by atoms with Crippen molar-refractivity contribution in [2.24, 2.45) is 17.3 Å². The van der Waals surface area contributed by atoms with E-state index in [9.17, 15) is 24.3 Å². The summed E-state index contributed by atoms with van der Waals surface area (Å²) >= 11 is 0. The maximum absolute atomic E-state index is 14.6. The number of benzene rings is 1. The second kappa shape index (κ2) is 13.9. The van der Waals surface area contributed by atoms with E-state index >= 15 is 0 Å².